The van der Waals surface area contributed by atoms with Crippen LogP contribution in [0.25, 0.3) is 10.8 Å². The predicted octanol–water partition coefficient (Wildman–Crippen LogP) is 2.54. The number of nitrogens with zero attached hydrogens (tertiary/aromatic N) is 1. The third kappa shape index (κ3) is 2.11. The first-order valence-electron chi connectivity index (χ1n) is 5.36. The molecule has 0 fully saturated rings. The quantitative estimate of drug-likeness (QED) is 0.896. The normalized spacial score (nSPS) is 11.8. The monoisotopic (exact) mass is 241 g/mol. The number of carbonyl (C=O) groups is 1. The van der Waals surface area contributed by atoms with Crippen LogP contribution in [0.5, 0.6) is 5.75 Å². The molecule has 0 saturated carbocycles. The van der Waals surface area contributed by atoms with Gasteiger partial charge in [0.2, 0.25) is 0 Å². The Kier molecular flexibility index (Phi) is 3.16. The van der Waals surface area contributed by atoms with Gasteiger partial charge < -0.3 is 9.84 Å². The Labute approximate surface area is 104 Å². The number of hydrogen-bond acceptors (Lipinski definition) is 3. The number of ether oxygens (including phenoxy) is 1. The van der Waals surface area contributed by atoms with Gasteiger partial charge in [0.1, 0.15) is 5.75 Å². The van der Waals surface area contributed by atoms with E-state index in [1.54, 1.807) is 37.4 Å². The van der Waals surface area contributed by atoms with E-state index in [2.05, 4.69) is 0 Å². The summed E-state index contributed by atoms with van der Waals surface area (Å²) in [5, 5.41) is 19.6. The fourth-order valence-corrected chi connectivity index (χ4v) is 1.82. The number of hydrogen-bond donors (Lipinski definition) is 1. The Morgan fingerprint density at radius 1 is 1.28 bits per heavy atom. The van der Waals surface area contributed by atoms with Crippen molar-refractivity contribution in [3.05, 3.63) is 42.0 Å². The molecule has 0 bridgehead atoms. The van der Waals surface area contributed by atoms with Crippen molar-refractivity contribution in [3.63, 3.8) is 0 Å². The zero-order valence-corrected chi connectivity index (χ0v) is 9.75. The molecule has 2 rings (SSSR count). The molecule has 2 aromatic rings. The highest BCUT2D eigenvalue weighted by atomic mass is 16.5. The average molecular weight is 241 g/mol. The smallest absolute Gasteiger partial charge is 0.325 e. The summed E-state index contributed by atoms with van der Waals surface area (Å²) in [5.74, 6) is -1.52. The molecule has 0 heterocycles. The molecule has 0 aromatic heterocycles. The van der Waals surface area contributed by atoms with Crippen LogP contribution in [0.2, 0.25) is 0 Å². The van der Waals surface area contributed by atoms with E-state index in [1.165, 1.54) is 0 Å². The Balaban J connectivity index is 2.51. The van der Waals surface area contributed by atoms with Gasteiger partial charge in [0, 0.05) is 0 Å². The number of fused-ring (bicyclic) bond motifs is 1. The standard InChI is InChI=1S/C14H11NO3/c1-18-12-5-4-9-6-11(3-2-10(9)7-12)13(8-15)14(16)17/h2-7,13H,1H3,(H,16,17)/t13-/m0/s1. The molecule has 1 N–H and O–H groups in total. The number of carboxylic acids is 1. The van der Waals surface area contributed by atoms with E-state index in [4.69, 9.17) is 15.1 Å². The third-order valence-corrected chi connectivity index (χ3v) is 2.78. The second-order valence-electron chi connectivity index (χ2n) is 3.87. The molecule has 0 saturated heterocycles. The molecular formula is C14H11NO3. The predicted molar refractivity (Wildman–Crippen MR) is 66.5 cm³/mol. The number of methoxy groups -OCH3 is 1. The lowest BCUT2D eigenvalue weighted by Gasteiger charge is -2.07. The van der Waals surface area contributed by atoms with Crippen LogP contribution in [0.4, 0.5) is 0 Å². The van der Waals surface area contributed by atoms with Crippen LogP contribution in [0.3, 0.4) is 0 Å². The van der Waals surface area contributed by atoms with E-state index in [0.717, 1.165) is 16.5 Å². The zero-order chi connectivity index (χ0) is 13.1. The average Bonchev–Trinajstić information content (AvgIpc) is 2.38. The van der Waals surface area contributed by atoms with Crippen molar-refractivity contribution in [3.8, 4) is 11.8 Å². The minimum absolute atomic E-state index is 0.489. The van der Waals surface area contributed by atoms with Gasteiger partial charge in [-0.05, 0) is 34.5 Å². The fraction of sp³-hybridized carbons (Fsp3) is 0.143. The van der Waals surface area contributed by atoms with Gasteiger partial charge >= 0.3 is 5.97 Å². The molecule has 18 heavy (non-hydrogen) atoms. The first-order chi connectivity index (χ1) is 8.65. The van der Waals surface area contributed by atoms with Crippen molar-refractivity contribution in [2.75, 3.05) is 7.11 Å². The molecular weight excluding hydrogens is 230 g/mol. The van der Waals surface area contributed by atoms with E-state index in [-0.39, 0.29) is 0 Å². The summed E-state index contributed by atoms with van der Waals surface area (Å²) in [6, 6.07) is 12.5. The number of benzene rings is 2. The molecule has 4 heteroatoms. The molecule has 4 nitrogen and oxygen atoms in total. The molecule has 0 unspecified atom stereocenters. The Hall–Kier alpha value is -2.54. The van der Waals surface area contributed by atoms with Crippen molar-refractivity contribution in [1.82, 2.24) is 0 Å². The van der Waals surface area contributed by atoms with Crippen LogP contribution in [0.1, 0.15) is 11.5 Å². The lowest BCUT2D eigenvalue weighted by Crippen LogP contribution is -2.08. The van der Waals surface area contributed by atoms with E-state index >= 15 is 0 Å². The van der Waals surface area contributed by atoms with Gasteiger partial charge in [-0.1, -0.05) is 18.2 Å². The summed E-state index contributed by atoms with van der Waals surface area (Å²) < 4.78 is 5.11. The number of nitriles is 1. The second kappa shape index (κ2) is 4.76. The maximum Gasteiger partial charge on any atom is 0.325 e. The van der Waals surface area contributed by atoms with Gasteiger partial charge in [-0.2, -0.15) is 5.26 Å². The lowest BCUT2D eigenvalue weighted by molar-refractivity contribution is -0.137. The molecule has 0 aliphatic carbocycles. The Morgan fingerprint density at radius 2 is 1.94 bits per heavy atom. The first kappa shape index (κ1) is 11.9. The van der Waals surface area contributed by atoms with Crippen LogP contribution in [-0.4, -0.2) is 18.2 Å². The molecule has 1 atom stereocenters. The van der Waals surface area contributed by atoms with E-state index in [9.17, 15) is 4.79 Å². The summed E-state index contributed by atoms with van der Waals surface area (Å²) in [7, 11) is 1.59. The van der Waals surface area contributed by atoms with Gasteiger partial charge in [-0.25, -0.2) is 0 Å². The molecule has 2 aromatic carbocycles. The Bertz CT molecular complexity index is 643. The number of rotatable bonds is 3. The van der Waals surface area contributed by atoms with Crippen molar-refractivity contribution in [1.29, 1.82) is 5.26 Å². The minimum Gasteiger partial charge on any atom is -0.497 e. The lowest BCUT2D eigenvalue weighted by atomic mass is 9.97. The van der Waals surface area contributed by atoms with Crippen LogP contribution >= 0.6 is 0 Å². The summed E-state index contributed by atoms with van der Waals surface area (Å²) in [6.07, 6.45) is 0. The van der Waals surface area contributed by atoms with Gasteiger partial charge in [-0.3, -0.25) is 4.79 Å². The first-order valence-corrected chi connectivity index (χ1v) is 5.36. The third-order valence-electron chi connectivity index (χ3n) is 2.78. The number of aliphatic carboxylic acids is 1. The van der Waals surface area contributed by atoms with Crippen LogP contribution in [0.15, 0.2) is 36.4 Å². The SMILES string of the molecule is COc1ccc2cc([C@H](C#N)C(=O)O)ccc2c1. The van der Waals surface area contributed by atoms with Gasteiger partial charge in [-0.15, -0.1) is 0 Å². The molecule has 90 valence electrons. The summed E-state index contributed by atoms with van der Waals surface area (Å²) in [5.41, 5.74) is 0.489. The highest BCUT2D eigenvalue weighted by molar-refractivity contribution is 5.87. The van der Waals surface area contributed by atoms with E-state index in [0.29, 0.717) is 5.56 Å². The molecule has 0 spiro atoms. The van der Waals surface area contributed by atoms with E-state index in [1.807, 2.05) is 12.1 Å². The molecule has 0 radical (unpaired) electrons. The van der Waals surface area contributed by atoms with Crippen molar-refractivity contribution in [2.45, 2.75) is 5.92 Å². The highest BCUT2D eigenvalue weighted by Crippen LogP contribution is 2.25. The molecule has 0 aliphatic rings. The molecule has 0 aliphatic heterocycles. The van der Waals surface area contributed by atoms with Crippen molar-refractivity contribution >= 4 is 16.7 Å². The van der Waals surface area contributed by atoms with Crippen LogP contribution in [-0.2, 0) is 4.79 Å². The minimum atomic E-state index is -1.13. The second-order valence-corrected chi connectivity index (χ2v) is 3.87. The van der Waals surface area contributed by atoms with Crippen LogP contribution < -0.4 is 4.74 Å². The zero-order valence-electron chi connectivity index (χ0n) is 9.75. The van der Waals surface area contributed by atoms with Gasteiger partial charge in [0.25, 0.3) is 0 Å². The fourth-order valence-electron chi connectivity index (χ4n) is 1.82. The largest absolute Gasteiger partial charge is 0.497 e. The highest BCUT2D eigenvalue weighted by Gasteiger charge is 2.19. The van der Waals surface area contributed by atoms with Crippen molar-refractivity contribution in [2.24, 2.45) is 0 Å². The van der Waals surface area contributed by atoms with E-state index < -0.39 is 11.9 Å². The molecule has 0 amide bonds. The number of carboxylic acid groups (broad SMARTS) is 1. The summed E-state index contributed by atoms with van der Waals surface area (Å²) in [6.45, 7) is 0. The topological polar surface area (TPSA) is 70.3 Å². The van der Waals surface area contributed by atoms with Gasteiger partial charge in [0.05, 0.1) is 13.2 Å². The maximum absolute atomic E-state index is 10.9. The summed E-state index contributed by atoms with van der Waals surface area (Å²) >= 11 is 0. The maximum atomic E-state index is 10.9. The van der Waals surface area contributed by atoms with Gasteiger partial charge in [0.15, 0.2) is 5.92 Å². The summed E-state index contributed by atoms with van der Waals surface area (Å²) in [4.78, 5) is 10.9. The Morgan fingerprint density at radius 3 is 2.56 bits per heavy atom. The van der Waals surface area contributed by atoms with Crippen LogP contribution in [0, 0.1) is 11.3 Å². The van der Waals surface area contributed by atoms with Crippen molar-refractivity contribution < 1.29 is 14.6 Å².